The number of carbonyl (C=O) groups is 1. The summed E-state index contributed by atoms with van der Waals surface area (Å²) in [5.41, 5.74) is 5.79. The lowest BCUT2D eigenvalue weighted by molar-refractivity contribution is -0.121. The third-order valence-electron chi connectivity index (χ3n) is 2.47. The van der Waals surface area contributed by atoms with Crippen molar-refractivity contribution in [3.63, 3.8) is 0 Å². The highest BCUT2D eigenvalue weighted by Crippen LogP contribution is 1.97. The first-order valence-corrected chi connectivity index (χ1v) is 5.85. The maximum absolute atomic E-state index is 11.5. The largest absolute Gasteiger partial charge is 0.354 e. The van der Waals surface area contributed by atoms with Gasteiger partial charge in [-0.3, -0.25) is 4.79 Å². The van der Waals surface area contributed by atoms with Gasteiger partial charge in [0.15, 0.2) is 0 Å². The second-order valence-corrected chi connectivity index (χ2v) is 4.02. The Balaban J connectivity index is 2.10. The summed E-state index contributed by atoms with van der Waals surface area (Å²) in [5.74, 6) is 0.0492. The molecule has 4 nitrogen and oxygen atoms in total. The average molecular weight is 223 g/mol. The second-order valence-electron chi connectivity index (χ2n) is 4.02. The van der Waals surface area contributed by atoms with Crippen LogP contribution in [0.3, 0.4) is 0 Å². The molecule has 1 amide bonds. The molecular weight excluding hydrogens is 202 g/mol. The summed E-state index contributed by atoms with van der Waals surface area (Å²) < 4.78 is 2.03. The Hall–Kier alpha value is -1.29. The molecule has 0 saturated heterocycles. The first-order valence-electron chi connectivity index (χ1n) is 5.85. The van der Waals surface area contributed by atoms with Gasteiger partial charge in [0, 0.05) is 37.9 Å². The zero-order valence-electron chi connectivity index (χ0n) is 9.86. The van der Waals surface area contributed by atoms with Gasteiger partial charge in [-0.25, -0.2) is 0 Å². The predicted octanol–water partition coefficient (Wildman–Crippen LogP) is 1.12. The van der Waals surface area contributed by atoms with Gasteiger partial charge in [-0.2, -0.15) is 0 Å². The molecule has 0 fully saturated rings. The fourth-order valence-corrected chi connectivity index (χ4v) is 1.63. The van der Waals surface area contributed by atoms with Crippen molar-refractivity contribution >= 4 is 5.91 Å². The molecule has 90 valence electrons. The third kappa shape index (κ3) is 4.98. The van der Waals surface area contributed by atoms with Crippen molar-refractivity contribution in [1.29, 1.82) is 0 Å². The first kappa shape index (κ1) is 12.8. The Bertz CT molecular complexity index is 295. The molecule has 1 aromatic rings. The molecule has 1 unspecified atom stereocenters. The second kappa shape index (κ2) is 7.06. The molecule has 1 aromatic heterocycles. The molecule has 0 aliphatic rings. The number of amides is 1. The highest BCUT2D eigenvalue weighted by atomic mass is 16.1. The summed E-state index contributed by atoms with van der Waals surface area (Å²) in [5, 5.41) is 2.87. The molecule has 0 saturated carbocycles. The van der Waals surface area contributed by atoms with E-state index in [-0.39, 0.29) is 11.9 Å². The van der Waals surface area contributed by atoms with Crippen LogP contribution in [0.1, 0.15) is 26.2 Å². The highest BCUT2D eigenvalue weighted by molar-refractivity contribution is 5.76. The normalized spacial score (nSPS) is 12.4. The molecule has 0 aromatic carbocycles. The van der Waals surface area contributed by atoms with Crippen molar-refractivity contribution in [1.82, 2.24) is 9.88 Å². The summed E-state index contributed by atoms with van der Waals surface area (Å²) in [6, 6.07) is 3.94. The van der Waals surface area contributed by atoms with E-state index in [9.17, 15) is 4.79 Å². The number of hydrogen-bond acceptors (Lipinski definition) is 2. The minimum atomic E-state index is -0.00317. The van der Waals surface area contributed by atoms with E-state index in [2.05, 4.69) is 12.2 Å². The van der Waals surface area contributed by atoms with Crippen LogP contribution in [0.5, 0.6) is 0 Å². The number of hydrogen-bond donors (Lipinski definition) is 2. The van der Waals surface area contributed by atoms with Crippen LogP contribution in [-0.2, 0) is 11.3 Å². The topological polar surface area (TPSA) is 60.1 Å². The van der Waals surface area contributed by atoms with Crippen LogP contribution >= 0.6 is 0 Å². The number of nitrogens with one attached hydrogen (secondary N) is 1. The summed E-state index contributed by atoms with van der Waals surface area (Å²) in [4.78, 5) is 11.5. The summed E-state index contributed by atoms with van der Waals surface area (Å²) in [6.45, 7) is 3.54. The van der Waals surface area contributed by atoms with Gasteiger partial charge < -0.3 is 15.6 Å². The van der Waals surface area contributed by atoms with Crippen LogP contribution in [0.4, 0.5) is 0 Å². The van der Waals surface area contributed by atoms with Crippen LogP contribution in [0.15, 0.2) is 24.5 Å². The van der Waals surface area contributed by atoms with E-state index < -0.39 is 0 Å². The first-order chi connectivity index (χ1) is 7.72. The Morgan fingerprint density at radius 3 is 2.75 bits per heavy atom. The molecule has 3 N–H and O–H groups in total. The monoisotopic (exact) mass is 223 g/mol. The molecule has 0 radical (unpaired) electrons. The van der Waals surface area contributed by atoms with E-state index in [0.29, 0.717) is 13.0 Å². The molecular formula is C12H21N3O. The van der Waals surface area contributed by atoms with Gasteiger partial charge in [0.25, 0.3) is 0 Å². The lowest BCUT2D eigenvalue weighted by Gasteiger charge is -2.10. The number of nitrogens with two attached hydrogens (primary N) is 1. The van der Waals surface area contributed by atoms with Gasteiger partial charge in [0.05, 0.1) is 0 Å². The van der Waals surface area contributed by atoms with Crippen LogP contribution in [0.2, 0.25) is 0 Å². The van der Waals surface area contributed by atoms with Gasteiger partial charge in [0.1, 0.15) is 0 Å². The Labute approximate surface area is 96.8 Å². The van der Waals surface area contributed by atoms with E-state index in [1.54, 1.807) is 0 Å². The molecule has 1 heterocycles. The van der Waals surface area contributed by atoms with E-state index in [1.165, 1.54) is 0 Å². The number of carbonyl (C=O) groups excluding carboxylic acids is 1. The van der Waals surface area contributed by atoms with Crippen LogP contribution in [0.25, 0.3) is 0 Å². The van der Waals surface area contributed by atoms with E-state index >= 15 is 0 Å². The fourth-order valence-electron chi connectivity index (χ4n) is 1.63. The van der Waals surface area contributed by atoms with E-state index in [4.69, 9.17) is 5.73 Å². The van der Waals surface area contributed by atoms with Crippen LogP contribution < -0.4 is 11.1 Å². The Morgan fingerprint density at radius 1 is 1.44 bits per heavy atom. The molecule has 0 aliphatic carbocycles. The van der Waals surface area contributed by atoms with E-state index in [0.717, 1.165) is 19.4 Å². The lowest BCUT2D eigenvalue weighted by Crippen LogP contribution is -2.33. The van der Waals surface area contributed by atoms with Gasteiger partial charge in [0.2, 0.25) is 5.91 Å². The maximum atomic E-state index is 11.5. The summed E-state index contributed by atoms with van der Waals surface area (Å²) in [7, 11) is 0. The van der Waals surface area contributed by atoms with Gasteiger partial charge in [-0.15, -0.1) is 0 Å². The molecule has 1 rings (SSSR count). The SMILES string of the molecule is CCCC(N)CC(=O)NCCn1cccc1. The molecule has 1 atom stereocenters. The Kier molecular flexibility index (Phi) is 5.64. The predicted molar refractivity (Wildman–Crippen MR) is 64.9 cm³/mol. The smallest absolute Gasteiger partial charge is 0.221 e. The fraction of sp³-hybridized carbons (Fsp3) is 0.583. The standard InChI is InChI=1S/C12H21N3O/c1-2-5-11(13)10-12(16)14-6-9-15-7-3-4-8-15/h3-4,7-8,11H,2,5-6,9-10,13H2,1H3,(H,14,16). The van der Waals surface area contributed by atoms with Gasteiger partial charge >= 0.3 is 0 Å². The van der Waals surface area contributed by atoms with Crippen LogP contribution in [0, 0.1) is 0 Å². The minimum absolute atomic E-state index is 0.00317. The molecule has 16 heavy (non-hydrogen) atoms. The van der Waals surface area contributed by atoms with Crippen molar-refractivity contribution in [3.8, 4) is 0 Å². The highest BCUT2D eigenvalue weighted by Gasteiger charge is 2.07. The van der Waals surface area contributed by atoms with Gasteiger partial charge in [-0.05, 0) is 18.6 Å². The van der Waals surface area contributed by atoms with Crippen LogP contribution in [-0.4, -0.2) is 23.1 Å². The number of nitrogens with zero attached hydrogens (tertiary/aromatic N) is 1. The summed E-state index contributed by atoms with van der Waals surface area (Å²) >= 11 is 0. The van der Waals surface area contributed by atoms with Gasteiger partial charge in [-0.1, -0.05) is 13.3 Å². The zero-order valence-corrected chi connectivity index (χ0v) is 9.86. The van der Waals surface area contributed by atoms with E-state index in [1.807, 2.05) is 29.1 Å². The van der Waals surface area contributed by atoms with Crippen molar-refractivity contribution in [3.05, 3.63) is 24.5 Å². The number of aromatic nitrogens is 1. The number of rotatable bonds is 7. The van der Waals surface area contributed by atoms with Crippen molar-refractivity contribution in [2.24, 2.45) is 5.73 Å². The zero-order chi connectivity index (χ0) is 11.8. The molecule has 4 heteroatoms. The molecule has 0 aliphatic heterocycles. The summed E-state index contributed by atoms with van der Waals surface area (Å²) in [6.07, 6.45) is 6.33. The molecule has 0 spiro atoms. The molecule has 0 bridgehead atoms. The van der Waals surface area contributed by atoms with Crippen molar-refractivity contribution in [2.45, 2.75) is 38.8 Å². The minimum Gasteiger partial charge on any atom is -0.354 e. The third-order valence-corrected chi connectivity index (χ3v) is 2.47. The quantitative estimate of drug-likeness (QED) is 0.727. The lowest BCUT2D eigenvalue weighted by atomic mass is 10.1. The van der Waals surface area contributed by atoms with Crippen molar-refractivity contribution < 1.29 is 4.79 Å². The maximum Gasteiger partial charge on any atom is 0.221 e. The van der Waals surface area contributed by atoms with Crippen molar-refractivity contribution in [2.75, 3.05) is 6.54 Å². The Morgan fingerprint density at radius 2 is 2.12 bits per heavy atom. The average Bonchev–Trinajstić information content (AvgIpc) is 2.70.